The molecule has 0 spiro atoms. The molecule has 0 fully saturated rings. The molecule has 144 valence electrons. The Kier molecular flexibility index (Phi) is 6.41. The number of benzene rings is 1. The van der Waals surface area contributed by atoms with Gasteiger partial charge in [0.25, 0.3) is 0 Å². The van der Waals surface area contributed by atoms with E-state index >= 15 is 0 Å². The van der Waals surface area contributed by atoms with Gasteiger partial charge in [-0.15, -0.1) is 0 Å². The first-order chi connectivity index (χ1) is 11.7. The fraction of sp³-hybridized carbons (Fsp3) is 0.526. The first kappa shape index (κ1) is 21.5. The molecule has 1 aromatic carbocycles. The Bertz CT molecular complexity index is 669. The molecular weight excluding hydrogens is 338 g/mol. The van der Waals surface area contributed by atoms with Crippen molar-refractivity contribution in [2.24, 2.45) is 0 Å². The molecule has 0 heterocycles. The molecule has 0 aliphatic rings. The Balaban J connectivity index is 3.48. The SMILES string of the molecule is COC(=O)c1cc(C)ccc1N(C(=O)OC(C)(C)C)C(=O)OC(C)(C)C. The van der Waals surface area contributed by atoms with Crippen molar-refractivity contribution in [2.45, 2.75) is 59.7 Å². The van der Waals surface area contributed by atoms with Gasteiger partial charge in [-0.3, -0.25) is 0 Å². The van der Waals surface area contributed by atoms with Crippen LogP contribution < -0.4 is 4.90 Å². The maximum Gasteiger partial charge on any atom is 0.424 e. The summed E-state index contributed by atoms with van der Waals surface area (Å²) in [6.07, 6.45) is -1.89. The molecule has 1 aromatic rings. The number of esters is 1. The Hall–Kier alpha value is -2.57. The van der Waals surface area contributed by atoms with E-state index in [0.29, 0.717) is 4.90 Å². The van der Waals surface area contributed by atoms with Crippen molar-refractivity contribution in [1.29, 1.82) is 0 Å². The number of nitrogens with zero attached hydrogens (tertiary/aromatic N) is 1. The number of methoxy groups -OCH3 is 1. The summed E-state index contributed by atoms with van der Waals surface area (Å²) in [6.45, 7) is 11.8. The standard InChI is InChI=1S/C19H27NO6/c1-12-9-10-14(13(11-12)15(21)24-8)20(16(22)25-18(2,3)4)17(23)26-19(5,6)7/h9-11H,1-8H3. The number of carbonyl (C=O) groups is 3. The predicted octanol–water partition coefficient (Wildman–Crippen LogP) is 4.46. The van der Waals surface area contributed by atoms with Crippen LogP contribution in [-0.4, -0.2) is 36.5 Å². The van der Waals surface area contributed by atoms with E-state index in [-0.39, 0.29) is 11.3 Å². The zero-order valence-corrected chi connectivity index (χ0v) is 16.6. The normalized spacial score (nSPS) is 11.5. The quantitative estimate of drug-likeness (QED) is 0.568. The number of imide groups is 1. The second-order valence-electron chi connectivity index (χ2n) is 7.81. The molecule has 0 aromatic heterocycles. The molecule has 0 radical (unpaired) electrons. The summed E-state index contributed by atoms with van der Waals surface area (Å²) in [5.74, 6) is -0.680. The molecule has 0 N–H and O–H groups in total. The molecule has 0 atom stereocenters. The van der Waals surface area contributed by atoms with Crippen LogP contribution in [0.4, 0.5) is 15.3 Å². The number of anilines is 1. The summed E-state index contributed by atoms with van der Waals surface area (Å²) in [7, 11) is 1.22. The highest BCUT2D eigenvalue weighted by Crippen LogP contribution is 2.27. The number of hydrogen-bond donors (Lipinski definition) is 0. The second kappa shape index (κ2) is 7.76. The minimum Gasteiger partial charge on any atom is -0.465 e. The van der Waals surface area contributed by atoms with Crippen LogP contribution >= 0.6 is 0 Å². The Labute approximate surface area is 154 Å². The van der Waals surface area contributed by atoms with E-state index in [9.17, 15) is 14.4 Å². The topological polar surface area (TPSA) is 82.1 Å². The third-order valence-electron chi connectivity index (χ3n) is 2.95. The fourth-order valence-electron chi connectivity index (χ4n) is 2.00. The van der Waals surface area contributed by atoms with E-state index in [0.717, 1.165) is 5.56 Å². The average Bonchev–Trinajstić information content (AvgIpc) is 2.44. The third kappa shape index (κ3) is 6.06. The molecule has 0 unspecified atom stereocenters. The van der Waals surface area contributed by atoms with E-state index in [4.69, 9.17) is 14.2 Å². The van der Waals surface area contributed by atoms with Gasteiger partial charge >= 0.3 is 18.2 Å². The lowest BCUT2D eigenvalue weighted by molar-refractivity contribution is 0.0430. The first-order valence-corrected chi connectivity index (χ1v) is 8.20. The van der Waals surface area contributed by atoms with Crippen LogP contribution in [-0.2, 0) is 14.2 Å². The molecule has 0 saturated heterocycles. The van der Waals surface area contributed by atoms with Gasteiger partial charge in [0.2, 0.25) is 0 Å². The molecule has 7 nitrogen and oxygen atoms in total. The van der Waals surface area contributed by atoms with Crippen molar-refractivity contribution < 1.29 is 28.6 Å². The van der Waals surface area contributed by atoms with Gasteiger partial charge in [0.1, 0.15) is 11.2 Å². The van der Waals surface area contributed by atoms with Crippen LogP contribution in [0.15, 0.2) is 18.2 Å². The Morgan fingerprint density at radius 3 is 1.73 bits per heavy atom. The van der Waals surface area contributed by atoms with Crippen molar-refractivity contribution >= 4 is 23.8 Å². The van der Waals surface area contributed by atoms with Gasteiger partial charge in [0.15, 0.2) is 0 Å². The zero-order chi connectivity index (χ0) is 20.3. The van der Waals surface area contributed by atoms with E-state index in [1.165, 1.54) is 19.2 Å². The Morgan fingerprint density at radius 2 is 1.35 bits per heavy atom. The number of carbonyl (C=O) groups excluding carboxylic acids is 3. The number of aryl methyl sites for hydroxylation is 1. The maximum atomic E-state index is 12.7. The highest BCUT2D eigenvalue weighted by Gasteiger charge is 2.35. The minimum absolute atomic E-state index is 0.0333. The van der Waals surface area contributed by atoms with Gasteiger partial charge in [0, 0.05) is 0 Å². The summed E-state index contributed by atoms with van der Waals surface area (Å²) in [5.41, 5.74) is -0.821. The van der Waals surface area contributed by atoms with Crippen molar-refractivity contribution in [1.82, 2.24) is 0 Å². The summed E-state index contributed by atoms with van der Waals surface area (Å²) in [6, 6.07) is 4.68. The second-order valence-corrected chi connectivity index (χ2v) is 7.81. The van der Waals surface area contributed by atoms with Crippen LogP contribution in [0.5, 0.6) is 0 Å². The van der Waals surface area contributed by atoms with Crippen molar-refractivity contribution in [3.8, 4) is 0 Å². The smallest absolute Gasteiger partial charge is 0.424 e. The predicted molar refractivity (Wildman–Crippen MR) is 97.5 cm³/mol. The molecular formula is C19H27NO6. The van der Waals surface area contributed by atoms with E-state index in [1.807, 2.05) is 0 Å². The van der Waals surface area contributed by atoms with Crippen molar-refractivity contribution in [2.75, 3.05) is 12.0 Å². The molecule has 0 aliphatic heterocycles. The number of amides is 2. The summed E-state index contributed by atoms with van der Waals surface area (Å²) in [4.78, 5) is 38.2. The lowest BCUT2D eigenvalue weighted by Gasteiger charge is -2.29. The number of ether oxygens (including phenoxy) is 3. The number of hydrogen-bond acceptors (Lipinski definition) is 6. The molecule has 0 aliphatic carbocycles. The van der Waals surface area contributed by atoms with Gasteiger partial charge in [0.05, 0.1) is 18.4 Å². The van der Waals surface area contributed by atoms with Crippen LogP contribution in [0.3, 0.4) is 0 Å². The monoisotopic (exact) mass is 365 g/mol. The van der Waals surface area contributed by atoms with Gasteiger partial charge < -0.3 is 14.2 Å². The lowest BCUT2D eigenvalue weighted by atomic mass is 10.1. The highest BCUT2D eigenvalue weighted by molar-refractivity contribution is 6.13. The summed E-state index contributed by atoms with van der Waals surface area (Å²) >= 11 is 0. The van der Waals surface area contributed by atoms with E-state index in [2.05, 4.69) is 0 Å². The molecule has 26 heavy (non-hydrogen) atoms. The summed E-state index contributed by atoms with van der Waals surface area (Å²) in [5, 5.41) is 0. The minimum atomic E-state index is -0.944. The first-order valence-electron chi connectivity index (χ1n) is 8.20. The average molecular weight is 365 g/mol. The van der Waals surface area contributed by atoms with Gasteiger partial charge in [-0.2, -0.15) is 4.90 Å². The van der Waals surface area contributed by atoms with Crippen molar-refractivity contribution in [3.63, 3.8) is 0 Å². The number of rotatable bonds is 2. The van der Waals surface area contributed by atoms with Crippen LogP contribution in [0.1, 0.15) is 57.5 Å². The molecule has 0 bridgehead atoms. The van der Waals surface area contributed by atoms with Crippen LogP contribution in [0.25, 0.3) is 0 Å². The molecule has 2 amide bonds. The third-order valence-corrected chi connectivity index (χ3v) is 2.95. The van der Waals surface area contributed by atoms with Gasteiger partial charge in [-0.1, -0.05) is 11.6 Å². The van der Waals surface area contributed by atoms with Crippen molar-refractivity contribution in [3.05, 3.63) is 29.3 Å². The van der Waals surface area contributed by atoms with Crippen LogP contribution in [0.2, 0.25) is 0 Å². The lowest BCUT2D eigenvalue weighted by Crippen LogP contribution is -2.44. The molecule has 0 saturated carbocycles. The largest absolute Gasteiger partial charge is 0.465 e. The highest BCUT2D eigenvalue weighted by atomic mass is 16.6. The fourth-order valence-corrected chi connectivity index (χ4v) is 2.00. The van der Waals surface area contributed by atoms with Gasteiger partial charge in [-0.05, 0) is 60.6 Å². The van der Waals surface area contributed by atoms with E-state index < -0.39 is 29.4 Å². The Morgan fingerprint density at radius 1 is 0.885 bits per heavy atom. The molecule has 7 heteroatoms. The molecule has 1 rings (SSSR count). The summed E-state index contributed by atoms with van der Waals surface area (Å²) < 4.78 is 15.4. The van der Waals surface area contributed by atoms with Gasteiger partial charge in [-0.25, -0.2) is 14.4 Å². The van der Waals surface area contributed by atoms with Crippen LogP contribution in [0, 0.1) is 6.92 Å². The van der Waals surface area contributed by atoms with E-state index in [1.54, 1.807) is 54.5 Å². The zero-order valence-electron chi connectivity index (χ0n) is 16.6. The maximum absolute atomic E-state index is 12.7.